The minimum Gasteiger partial charge on any atom is -0.383 e. The number of nitrogens with zero attached hydrogens (tertiary/aromatic N) is 3. The molecule has 4 nitrogen and oxygen atoms in total. The molecule has 0 unspecified atom stereocenters. The number of rotatable bonds is 5. The molecule has 6 heteroatoms. The number of aryl methyl sites for hydroxylation is 1. The number of aromatic nitrogens is 1. The smallest absolute Gasteiger partial charge is 0.206 e. The second-order valence-electron chi connectivity index (χ2n) is 7.01. The first-order chi connectivity index (χ1) is 14.3. The molecule has 0 amide bonds. The van der Waals surface area contributed by atoms with E-state index in [-0.39, 0.29) is 0 Å². The Morgan fingerprint density at radius 1 is 1.07 bits per heavy atom. The quantitative estimate of drug-likeness (QED) is 0.398. The molecule has 0 N–H and O–H groups in total. The van der Waals surface area contributed by atoms with Gasteiger partial charge in [0.1, 0.15) is 0 Å². The Morgan fingerprint density at radius 3 is 2.69 bits per heavy atom. The Bertz CT molecular complexity index is 1070. The van der Waals surface area contributed by atoms with Gasteiger partial charge in [-0.2, -0.15) is 5.10 Å². The van der Waals surface area contributed by atoms with Gasteiger partial charge < -0.3 is 4.74 Å². The van der Waals surface area contributed by atoms with Crippen LogP contribution in [0.3, 0.4) is 0 Å². The maximum Gasteiger partial charge on any atom is 0.206 e. The van der Waals surface area contributed by atoms with Crippen LogP contribution < -0.4 is 4.80 Å². The Hall–Kier alpha value is -2.21. The number of thiazole rings is 1. The number of fused-ring (bicyclic) bond motifs is 1. The monoisotopic (exact) mass is 425 g/mol. The molecule has 0 saturated carbocycles. The van der Waals surface area contributed by atoms with E-state index in [9.17, 15) is 0 Å². The van der Waals surface area contributed by atoms with Crippen molar-refractivity contribution in [1.29, 1.82) is 0 Å². The Balaban J connectivity index is 1.85. The largest absolute Gasteiger partial charge is 0.383 e. The van der Waals surface area contributed by atoms with Crippen LogP contribution in [0, 0.1) is 0 Å². The Morgan fingerprint density at radius 2 is 1.86 bits per heavy atom. The van der Waals surface area contributed by atoms with Gasteiger partial charge in [0, 0.05) is 28.6 Å². The van der Waals surface area contributed by atoms with Gasteiger partial charge in [0.2, 0.25) is 4.80 Å². The van der Waals surface area contributed by atoms with E-state index in [1.165, 1.54) is 17.5 Å². The molecular formula is C23H24ClN3OS. The van der Waals surface area contributed by atoms with Crippen molar-refractivity contribution in [3.63, 3.8) is 0 Å². The fourth-order valence-electron chi connectivity index (χ4n) is 3.54. The predicted molar refractivity (Wildman–Crippen MR) is 121 cm³/mol. The summed E-state index contributed by atoms with van der Waals surface area (Å²) < 4.78 is 7.16. The summed E-state index contributed by atoms with van der Waals surface area (Å²) in [5, 5.41) is 7.97. The summed E-state index contributed by atoms with van der Waals surface area (Å²) >= 11 is 7.70. The molecule has 3 aromatic rings. The van der Waals surface area contributed by atoms with Gasteiger partial charge in [-0.25, -0.2) is 4.68 Å². The van der Waals surface area contributed by atoms with Crippen LogP contribution in [0.1, 0.15) is 30.4 Å². The van der Waals surface area contributed by atoms with Crippen molar-refractivity contribution in [2.24, 2.45) is 10.1 Å². The van der Waals surface area contributed by atoms with Crippen molar-refractivity contribution in [1.82, 2.24) is 4.68 Å². The van der Waals surface area contributed by atoms with Gasteiger partial charge in [0.15, 0.2) is 0 Å². The molecule has 0 aliphatic heterocycles. The first-order valence-corrected chi connectivity index (χ1v) is 11.1. The summed E-state index contributed by atoms with van der Waals surface area (Å²) in [6.45, 7) is 1.20. The molecule has 0 saturated heterocycles. The van der Waals surface area contributed by atoms with Crippen LogP contribution in [0.15, 0.2) is 64.0 Å². The zero-order valence-corrected chi connectivity index (χ0v) is 18.0. The van der Waals surface area contributed by atoms with Crippen LogP contribution in [0.4, 0.5) is 0 Å². The predicted octanol–water partition coefficient (Wildman–Crippen LogP) is 5.40. The molecule has 1 heterocycles. The number of ether oxygens (including phenoxy) is 1. The molecule has 1 aromatic heterocycles. The molecule has 150 valence electrons. The third kappa shape index (κ3) is 4.69. The molecular weight excluding hydrogens is 402 g/mol. The fraction of sp³-hybridized carbons (Fsp3) is 0.304. The van der Waals surface area contributed by atoms with Crippen molar-refractivity contribution in [3.05, 3.63) is 74.9 Å². The molecule has 0 atom stereocenters. The minimum absolute atomic E-state index is 0.591. The van der Waals surface area contributed by atoms with E-state index < -0.39 is 0 Å². The summed E-state index contributed by atoms with van der Waals surface area (Å²) in [5.41, 5.74) is 5.86. The van der Waals surface area contributed by atoms with E-state index in [1.807, 2.05) is 28.9 Å². The molecule has 0 radical (unpaired) electrons. The maximum atomic E-state index is 6.09. The lowest BCUT2D eigenvalue weighted by molar-refractivity contribution is 0.207. The normalized spacial score (nSPS) is 16.1. The van der Waals surface area contributed by atoms with E-state index in [0.717, 1.165) is 46.1 Å². The van der Waals surface area contributed by atoms with Gasteiger partial charge in [-0.05, 0) is 43.4 Å². The second kappa shape index (κ2) is 9.53. The van der Waals surface area contributed by atoms with Crippen molar-refractivity contribution in [2.75, 3.05) is 20.3 Å². The third-order valence-electron chi connectivity index (χ3n) is 5.03. The maximum absolute atomic E-state index is 6.09. The van der Waals surface area contributed by atoms with Crippen molar-refractivity contribution >= 4 is 28.6 Å². The summed E-state index contributed by atoms with van der Waals surface area (Å²) in [4.78, 5) is 5.60. The van der Waals surface area contributed by atoms with E-state index >= 15 is 0 Å². The Kier molecular flexibility index (Phi) is 6.60. The van der Waals surface area contributed by atoms with Crippen LogP contribution in [-0.4, -0.2) is 30.6 Å². The molecule has 1 aliphatic carbocycles. The molecule has 0 spiro atoms. The highest BCUT2D eigenvalue weighted by atomic mass is 35.5. The lowest BCUT2D eigenvalue weighted by Crippen LogP contribution is -2.16. The van der Waals surface area contributed by atoms with Gasteiger partial charge in [0.25, 0.3) is 0 Å². The summed E-state index contributed by atoms with van der Waals surface area (Å²) in [6.07, 6.45) is 4.42. The van der Waals surface area contributed by atoms with Gasteiger partial charge in [-0.3, -0.25) is 4.99 Å². The molecule has 2 aromatic carbocycles. The molecule has 0 fully saturated rings. The fourth-order valence-corrected chi connectivity index (χ4v) is 4.53. The van der Waals surface area contributed by atoms with Gasteiger partial charge in [-0.1, -0.05) is 48.0 Å². The van der Waals surface area contributed by atoms with Gasteiger partial charge in [0.05, 0.1) is 24.6 Å². The topological polar surface area (TPSA) is 38.9 Å². The third-order valence-corrected chi connectivity index (χ3v) is 6.13. The second-order valence-corrected chi connectivity index (χ2v) is 8.28. The van der Waals surface area contributed by atoms with E-state index in [2.05, 4.69) is 29.6 Å². The van der Waals surface area contributed by atoms with Crippen LogP contribution in [-0.2, 0) is 11.2 Å². The highest BCUT2D eigenvalue weighted by molar-refractivity contribution is 7.07. The minimum atomic E-state index is 0.591. The standard InChI is InChI=1S/C23H24ClN3OS/c1-28-15-14-25-23-27(22(16-29-23)18-10-12-19(24)13-11-18)26-21-9-5-3-7-17-6-2-4-8-20(17)21/h2,4,6,8,10-13,16H,3,5,7,9,14-15H2,1H3/b25-23?,26-21+. The lowest BCUT2D eigenvalue weighted by Gasteiger charge is -2.10. The van der Waals surface area contributed by atoms with Crippen LogP contribution in [0.25, 0.3) is 11.3 Å². The van der Waals surface area contributed by atoms with Crippen molar-refractivity contribution in [3.8, 4) is 11.3 Å². The number of hydrogen-bond acceptors (Lipinski definition) is 4. The SMILES string of the molecule is COCCN=c1scc(-c2ccc(Cl)cc2)n1/N=C1\CCCCc2ccccc21. The number of hydrogen-bond donors (Lipinski definition) is 0. The highest BCUT2D eigenvalue weighted by Crippen LogP contribution is 2.25. The van der Waals surface area contributed by atoms with Crippen LogP contribution in [0.2, 0.25) is 5.02 Å². The molecule has 0 bridgehead atoms. The van der Waals surface area contributed by atoms with Crippen LogP contribution in [0.5, 0.6) is 0 Å². The Labute approximate surface area is 180 Å². The first kappa shape index (κ1) is 20.1. The van der Waals surface area contributed by atoms with Gasteiger partial charge >= 0.3 is 0 Å². The zero-order valence-electron chi connectivity index (χ0n) is 16.5. The molecule has 29 heavy (non-hydrogen) atoms. The summed E-state index contributed by atoms with van der Waals surface area (Å²) in [7, 11) is 1.69. The average molecular weight is 426 g/mol. The van der Waals surface area contributed by atoms with Crippen LogP contribution >= 0.6 is 22.9 Å². The van der Waals surface area contributed by atoms with E-state index in [1.54, 1.807) is 18.4 Å². The van der Waals surface area contributed by atoms with E-state index in [0.29, 0.717) is 13.2 Å². The van der Waals surface area contributed by atoms with Gasteiger partial charge in [-0.15, -0.1) is 11.3 Å². The first-order valence-electron chi connectivity index (χ1n) is 9.88. The van der Waals surface area contributed by atoms with Crippen molar-refractivity contribution in [2.45, 2.75) is 25.7 Å². The molecule has 4 rings (SSSR count). The lowest BCUT2D eigenvalue weighted by atomic mass is 10.0. The van der Waals surface area contributed by atoms with Crippen molar-refractivity contribution < 1.29 is 4.74 Å². The molecule has 1 aliphatic rings. The number of halogens is 1. The average Bonchev–Trinajstić information content (AvgIpc) is 3.01. The number of benzene rings is 2. The zero-order chi connectivity index (χ0) is 20.1. The summed E-state index contributed by atoms with van der Waals surface area (Å²) in [6, 6.07) is 16.5. The summed E-state index contributed by atoms with van der Waals surface area (Å²) in [5.74, 6) is 0. The number of methoxy groups -OCH3 is 1. The van der Waals surface area contributed by atoms with E-state index in [4.69, 9.17) is 26.4 Å². The highest BCUT2D eigenvalue weighted by Gasteiger charge is 2.15.